The average Bonchev–Trinajstić information content (AvgIpc) is 2.42. The molecule has 3 N–H and O–H groups in total. The number of aliphatic carboxylic acids is 1. The predicted octanol–water partition coefficient (Wildman–Crippen LogP) is 2.58. The van der Waals surface area contributed by atoms with Gasteiger partial charge in [0.2, 0.25) is 0 Å². The van der Waals surface area contributed by atoms with Gasteiger partial charge in [0, 0.05) is 18.7 Å². The largest absolute Gasteiger partial charge is 0.481 e. The van der Waals surface area contributed by atoms with E-state index in [1.807, 2.05) is 12.3 Å². The molecule has 0 aromatic heterocycles. The Balaban J connectivity index is 2.40. The summed E-state index contributed by atoms with van der Waals surface area (Å²) in [6.45, 7) is 0.644. The fourth-order valence-electron chi connectivity index (χ4n) is 1.65. The van der Waals surface area contributed by atoms with Crippen molar-refractivity contribution in [2.24, 2.45) is 0 Å². The first-order valence-electron chi connectivity index (χ1n) is 6.46. The van der Waals surface area contributed by atoms with Gasteiger partial charge in [-0.3, -0.25) is 4.79 Å². The number of carbonyl (C=O) groups excluding carboxylic acids is 1. The Kier molecular flexibility index (Phi) is 7.57. The van der Waals surface area contributed by atoms with Gasteiger partial charge in [0.05, 0.1) is 0 Å². The zero-order valence-electron chi connectivity index (χ0n) is 11.5. The minimum atomic E-state index is -0.824. The van der Waals surface area contributed by atoms with E-state index in [-0.39, 0.29) is 12.5 Å². The number of rotatable bonds is 8. The van der Waals surface area contributed by atoms with Crippen molar-refractivity contribution in [2.75, 3.05) is 23.9 Å². The minimum Gasteiger partial charge on any atom is -0.481 e. The number of thioether (sulfide) groups is 1. The van der Waals surface area contributed by atoms with Gasteiger partial charge < -0.3 is 15.7 Å². The molecule has 0 bridgehead atoms. The van der Waals surface area contributed by atoms with Crippen molar-refractivity contribution in [1.82, 2.24) is 5.32 Å². The van der Waals surface area contributed by atoms with Gasteiger partial charge in [-0.2, -0.15) is 11.8 Å². The number of benzene rings is 1. The number of carboxylic acids is 1. The molecule has 0 saturated carbocycles. The van der Waals surface area contributed by atoms with Gasteiger partial charge in [0.15, 0.2) is 0 Å². The van der Waals surface area contributed by atoms with Crippen molar-refractivity contribution in [3.8, 4) is 0 Å². The van der Waals surface area contributed by atoms with Crippen LogP contribution in [0.3, 0.4) is 0 Å². The van der Waals surface area contributed by atoms with Gasteiger partial charge in [-0.05, 0) is 42.5 Å². The molecule has 0 saturated heterocycles. The number of hydrogen-bond donors (Lipinski definition) is 3. The number of carboxylic acid groups (broad SMARTS) is 1. The summed E-state index contributed by atoms with van der Waals surface area (Å²) < 4.78 is 0. The van der Waals surface area contributed by atoms with E-state index in [4.69, 9.17) is 5.11 Å². The lowest BCUT2D eigenvalue weighted by Gasteiger charge is -2.08. The summed E-state index contributed by atoms with van der Waals surface area (Å²) in [5.41, 5.74) is 1.57. The Morgan fingerprint density at radius 1 is 1.35 bits per heavy atom. The van der Waals surface area contributed by atoms with E-state index in [1.165, 1.54) is 0 Å². The van der Waals surface area contributed by atoms with Crippen LogP contribution in [-0.4, -0.2) is 35.7 Å². The second kappa shape index (κ2) is 9.25. The quantitative estimate of drug-likeness (QED) is 0.644. The Hall–Kier alpha value is -1.69. The third-order valence-electron chi connectivity index (χ3n) is 2.62. The van der Waals surface area contributed by atoms with Crippen LogP contribution in [0.1, 0.15) is 18.4 Å². The Morgan fingerprint density at radius 2 is 2.15 bits per heavy atom. The van der Waals surface area contributed by atoms with E-state index in [0.717, 1.165) is 17.7 Å². The molecule has 20 heavy (non-hydrogen) atoms. The predicted molar refractivity (Wildman–Crippen MR) is 82.4 cm³/mol. The summed E-state index contributed by atoms with van der Waals surface area (Å²) in [4.78, 5) is 22.2. The summed E-state index contributed by atoms with van der Waals surface area (Å²) in [5.74, 6) is 0.195. The molecule has 0 unspecified atom stereocenters. The normalized spacial score (nSPS) is 10.1. The maximum Gasteiger partial charge on any atom is 0.319 e. The first-order valence-corrected chi connectivity index (χ1v) is 7.85. The van der Waals surface area contributed by atoms with Gasteiger partial charge in [-0.1, -0.05) is 12.1 Å². The Bertz CT molecular complexity index is 452. The minimum absolute atomic E-state index is 0.0876. The molecular formula is C14H20N2O3S. The lowest BCUT2D eigenvalue weighted by molar-refractivity contribution is -0.136. The van der Waals surface area contributed by atoms with Crippen LogP contribution in [0, 0.1) is 0 Å². The standard InChI is InChI=1S/C14H20N2O3S/c1-20-9-3-8-15-14(19)16-12-5-2-4-11(10-12)6-7-13(17)18/h2,4-5,10H,3,6-9H2,1H3,(H,17,18)(H2,15,16,19). The molecule has 1 aromatic rings. The van der Waals surface area contributed by atoms with Crippen LogP contribution >= 0.6 is 11.8 Å². The van der Waals surface area contributed by atoms with Gasteiger partial charge in [0.25, 0.3) is 0 Å². The highest BCUT2D eigenvalue weighted by Crippen LogP contribution is 2.12. The van der Waals surface area contributed by atoms with Gasteiger partial charge >= 0.3 is 12.0 Å². The fraction of sp³-hybridized carbons (Fsp3) is 0.429. The van der Waals surface area contributed by atoms with E-state index in [2.05, 4.69) is 10.6 Å². The molecule has 110 valence electrons. The third kappa shape index (κ3) is 7.04. The Labute approximate surface area is 123 Å². The molecule has 0 fully saturated rings. The second-order valence-electron chi connectivity index (χ2n) is 4.32. The van der Waals surface area contributed by atoms with E-state index in [0.29, 0.717) is 18.7 Å². The summed E-state index contributed by atoms with van der Waals surface area (Å²) >= 11 is 1.75. The molecule has 6 heteroatoms. The number of urea groups is 1. The van der Waals surface area contributed by atoms with Crippen molar-refractivity contribution in [3.05, 3.63) is 29.8 Å². The summed E-state index contributed by atoms with van der Waals surface area (Å²) in [6.07, 6.45) is 3.51. The molecular weight excluding hydrogens is 276 g/mol. The van der Waals surface area contributed by atoms with E-state index >= 15 is 0 Å². The number of aryl methyl sites for hydroxylation is 1. The topological polar surface area (TPSA) is 78.4 Å². The third-order valence-corrected chi connectivity index (χ3v) is 3.32. The van der Waals surface area contributed by atoms with Crippen LogP contribution < -0.4 is 10.6 Å². The highest BCUT2D eigenvalue weighted by molar-refractivity contribution is 7.98. The highest BCUT2D eigenvalue weighted by atomic mass is 32.2. The van der Waals surface area contributed by atoms with Crippen molar-refractivity contribution in [1.29, 1.82) is 0 Å². The van der Waals surface area contributed by atoms with Gasteiger partial charge in [-0.25, -0.2) is 4.79 Å². The molecule has 0 spiro atoms. The van der Waals surface area contributed by atoms with Crippen LogP contribution in [0.2, 0.25) is 0 Å². The zero-order valence-corrected chi connectivity index (χ0v) is 12.3. The summed E-state index contributed by atoms with van der Waals surface area (Å²) in [6, 6.07) is 7.00. The van der Waals surface area contributed by atoms with Gasteiger partial charge in [0.1, 0.15) is 0 Å². The number of hydrogen-bond acceptors (Lipinski definition) is 3. The van der Waals surface area contributed by atoms with Crippen LogP contribution in [0.5, 0.6) is 0 Å². The first kappa shape index (κ1) is 16.4. The molecule has 0 heterocycles. The molecule has 1 aromatic carbocycles. The smallest absolute Gasteiger partial charge is 0.319 e. The van der Waals surface area contributed by atoms with Gasteiger partial charge in [-0.15, -0.1) is 0 Å². The first-order chi connectivity index (χ1) is 9.61. The van der Waals surface area contributed by atoms with E-state index < -0.39 is 5.97 Å². The fourth-order valence-corrected chi connectivity index (χ4v) is 2.08. The molecule has 0 atom stereocenters. The molecule has 0 aliphatic rings. The molecule has 1 rings (SSSR count). The lowest BCUT2D eigenvalue weighted by Crippen LogP contribution is -2.29. The van der Waals surface area contributed by atoms with E-state index in [1.54, 1.807) is 30.0 Å². The average molecular weight is 296 g/mol. The molecule has 0 aliphatic heterocycles. The molecule has 5 nitrogen and oxygen atoms in total. The summed E-state index contributed by atoms with van der Waals surface area (Å²) in [5, 5.41) is 14.2. The van der Waals surface area contributed by atoms with Crippen molar-refractivity contribution >= 4 is 29.4 Å². The van der Waals surface area contributed by atoms with E-state index in [9.17, 15) is 9.59 Å². The molecule has 0 aliphatic carbocycles. The number of amides is 2. The lowest BCUT2D eigenvalue weighted by atomic mass is 10.1. The zero-order chi connectivity index (χ0) is 14.8. The van der Waals surface area contributed by atoms with Crippen molar-refractivity contribution < 1.29 is 14.7 Å². The number of anilines is 1. The maximum atomic E-state index is 11.6. The monoisotopic (exact) mass is 296 g/mol. The number of nitrogens with one attached hydrogen (secondary N) is 2. The highest BCUT2D eigenvalue weighted by Gasteiger charge is 2.03. The SMILES string of the molecule is CSCCCNC(=O)Nc1cccc(CCC(=O)O)c1. The van der Waals surface area contributed by atoms with Crippen LogP contribution in [-0.2, 0) is 11.2 Å². The van der Waals surface area contributed by atoms with Crippen LogP contribution in [0.15, 0.2) is 24.3 Å². The van der Waals surface area contributed by atoms with Crippen molar-refractivity contribution in [2.45, 2.75) is 19.3 Å². The Morgan fingerprint density at radius 3 is 2.85 bits per heavy atom. The van der Waals surface area contributed by atoms with Crippen LogP contribution in [0.4, 0.5) is 10.5 Å². The summed E-state index contributed by atoms with van der Waals surface area (Å²) in [7, 11) is 0. The maximum absolute atomic E-state index is 11.6. The molecule has 2 amide bonds. The van der Waals surface area contributed by atoms with Crippen LogP contribution in [0.25, 0.3) is 0 Å². The number of carbonyl (C=O) groups is 2. The second-order valence-corrected chi connectivity index (χ2v) is 5.31. The molecule has 0 radical (unpaired) electrons. The van der Waals surface area contributed by atoms with Crippen molar-refractivity contribution in [3.63, 3.8) is 0 Å².